The van der Waals surface area contributed by atoms with Gasteiger partial charge in [-0.3, -0.25) is 4.79 Å². The fraction of sp³-hybridized carbons (Fsp3) is 0.115. The van der Waals surface area contributed by atoms with Crippen LogP contribution >= 0.6 is 11.6 Å². The van der Waals surface area contributed by atoms with E-state index in [4.69, 9.17) is 16.3 Å². The molecule has 1 N–H and O–H groups in total. The maximum Gasteiger partial charge on any atom is 0.225 e. The lowest BCUT2D eigenvalue weighted by molar-refractivity contribution is -0.116. The van der Waals surface area contributed by atoms with Crippen LogP contribution < -0.4 is 10.1 Å². The Kier molecular flexibility index (Phi) is 4.89. The zero-order chi connectivity index (χ0) is 20.5. The first-order valence-electron chi connectivity index (χ1n) is 9.96. The van der Waals surface area contributed by atoms with E-state index >= 15 is 0 Å². The number of hydrogen-bond donors (Lipinski definition) is 1. The van der Waals surface area contributed by atoms with E-state index in [1.54, 1.807) is 0 Å². The maximum absolute atomic E-state index is 12.4. The average molecular weight is 414 g/mol. The highest BCUT2D eigenvalue weighted by molar-refractivity contribution is 6.30. The number of amides is 1. The highest BCUT2D eigenvalue weighted by Gasteiger charge is 2.28. The lowest BCUT2D eigenvalue weighted by Gasteiger charge is -2.27. The Morgan fingerprint density at radius 2 is 1.77 bits per heavy atom. The summed E-state index contributed by atoms with van der Waals surface area (Å²) in [4.78, 5) is 12.4. The van der Waals surface area contributed by atoms with Crippen molar-refractivity contribution in [3.8, 4) is 5.75 Å². The highest BCUT2D eigenvalue weighted by Crippen LogP contribution is 2.41. The summed E-state index contributed by atoms with van der Waals surface area (Å²) in [6.45, 7) is 0.458. The number of ether oxygens (including phenoxy) is 1. The third kappa shape index (κ3) is 3.64. The Hall–Kier alpha value is -3.30. The van der Waals surface area contributed by atoms with Crippen molar-refractivity contribution in [2.24, 2.45) is 0 Å². The molecule has 0 fully saturated rings. The number of hydrogen-bond acceptors (Lipinski definition) is 2. The molecule has 5 rings (SSSR count). The Morgan fingerprint density at radius 1 is 0.933 bits per heavy atom. The second-order valence-electron chi connectivity index (χ2n) is 7.54. The van der Waals surface area contributed by atoms with Crippen molar-refractivity contribution in [1.29, 1.82) is 0 Å². The quantitative estimate of drug-likeness (QED) is 0.412. The Bertz CT molecular complexity index is 1230. The molecular weight excluding hydrogens is 394 g/mol. The van der Waals surface area contributed by atoms with Gasteiger partial charge in [0.2, 0.25) is 5.91 Å². The largest absolute Gasteiger partial charge is 0.489 e. The van der Waals surface area contributed by atoms with E-state index in [2.05, 4.69) is 35.6 Å². The van der Waals surface area contributed by atoms with Crippen molar-refractivity contribution in [1.82, 2.24) is 0 Å². The second-order valence-corrected chi connectivity index (χ2v) is 7.98. The number of rotatable bonds is 4. The molecular formula is C26H20ClNO2. The average Bonchev–Trinajstić information content (AvgIpc) is 2.77. The van der Waals surface area contributed by atoms with Crippen LogP contribution in [-0.2, 0) is 11.4 Å². The van der Waals surface area contributed by atoms with Crippen LogP contribution in [0.4, 0.5) is 5.69 Å². The number of carbonyl (C=O) groups excluding carboxylic acids is 1. The van der Waals surface area contributed by atoms with E-state index in [0.717, 1.165) is 22.6 Å². The van der Waals surface area contributed by atoms with E-state index in [1.165, 1.54) is 16.3 Å². The Balaban J connectivity index is 1.43. The number of carbonyl (C=O) groups is 1. The number of halogens is 1. The van der Waals surface area contributed by atoms with Crippen LogP contribution in [0, 0.1) is 0 Å². The first kappa shape index (κ1) is 18.7. The standard InChI is InChI=1S/C26H20ClNO2/c27-20-6-3-4-17(14-20)16-30-21-11-8-19(9-12-21)23-15-25(29)28-24-13-10-18-5-1-2-7-22(18)26(23)24/h1-14,23H,15-16H2,(H,28,29). The lowest BCUT2D eigenvalue weighted by Crippen LogP contribution is -2.23. The summed E-state index contributed by atoms with van der Waals surface area (Å²) in [5.41, 5.74) is 4.21. The molecule has 1 unspecified atom stereocenters. The Morgan fingerprint density at radius 3 is 2.60 bits per heavy atom. The SMILES string of the molecule is O=C1CC(c2ccc(OCc3cccc(Cl)c3)cc2)c2c(ccc3ccccc23)N1. The van der Waals surface area contributed by atoms with Gasteiger partial charge in [0.05, 0.1) is 0 Å². The van der Waals surface area contributed by atoms with Gasteiger partial charge in [-0.1, -0.05) is 66.2 Å². The summed E-state index contributed by atoms with van der Waals surface area (Å²) in [5.74, 6) is 0.850. The van der Waals surface area contributed by atoms with Gasteiger partial charge in [-0.2, -0.15) is 0 Å². The minimum absolute atomic E-state index is 0.0156. The van der Waals surface area contributed by atoms with Crippen LogP contribution in [0.2, 0.25) is 5.02 Å². The number of benzene rings is 4. The van der Waals surface area contributed by atoms with Crippen LogP contribution in [0.5, 0.6) is 5.75 Å². The molecule has 4 aromatic rings. The molecule has 0 bridgehead atoms. The van der Waals surface area contributed by atoms with Gasteiger partial charge in [0, 0.05) is 23.0 Å². The van der Waals surface area contributed by atoms with Crippen molar-refractivity contribution >= 4 is 34.0 Å². The van der Waals surface area contributed by atoms with Crippen LogP contribution in [0.25, 0.3) is 10.8 Å². The van der Waals surface area contributed by atoms with E-state index in [-0.39, 0.29) is 11.8 Å². The molecule has 0 aromatic heterocycles. The van der Waals surface area contributed by atoms with Crippen LogP contribution in [0.3, 0.4) is 0 Å². The van der Waals surface area contributed by atoms with Crippen molar-refractivity contribution in [2.75, 3.05) is 5.32 Å². The minimum atomic E-state index is 0.0156. The van der Waals surface area contributed by atoms with E-state index < -0.39 is 0 Å². The number of fused-ring (bicyclic) bond motifs is 3. The van der Waals surface area contributed by atoms with E-state index in [9.17, 15) is 4.79 Å². The van der Waals surface area contributed by atoms with E-state index in [0.29, 0.717) is 18.1 Å². The molecule has 1 heterocycles. The predicted octanol–water partition coefficient (Wildman–Crippen LogP) is 6.55. The van der Waals surface area contributed by atoms with Gasteiger partial charge in [-0.25, -0.2) is 0 Å². The molecule has 0 aliphatic carbocycles. The summed E-state index contributed by atoms with van der Waals surface area (Å²) in [5, 5.41) is 6.09. The number of anilines is 1. The minimum Gasteiger partial charge on any atom is -0.489 e. The summed E-state index contributed by atoms with van der Waals surface area (Å²) in [6.07, 6.45) is 0.434. The first-order valence-corrected chi connectivity index (χ1v) is 10.3. The molecule has 0 saturated carbocycles. The highest BCUT2D eigenvalue weighted by atomic mass is 35.5. The van der Waals surface area contributed by atoms with Gasteiger partial charge in [0.1, 0.15) is 12.4 Å². The topological polar surface area (TPSA) is 38.3 Å². The van der Waals surface area contributed by atoms with Gasteiger partial charge in [0.25, 0.3) is 0 Å². The van der Waals surface area contributed by atoms with Crippen LogP contribution in [-0.4, -0.2) is 5.91 Å². The molecule has 1 amide bonds. The van der Waals surface area contributed by atoms with Gasteiger partial charge < -0.3 is 10.1 Å². The molecule has 4 aromatic carbocycles. The maximum atomic E-state index is 12.4. The fourth-order valence-corrected chi connectivity index (χ4v) is 4.36. The van der Waals surface area contributed by atoms with Crippen molar-refractivity contribution in [3.63, 3.8) is 0 Å². The van der Waals surface area contributed by atoms with E-state index in [1.807, 2.05) is 54.6 Å². The van der Waals surface area contributed by atoms with Gasteiger partial charge in [0.15, 0.2) is 0 Å². The Labute approximate surface area is 180 Å². The zero-order valence-electron chi connectivity index (χ0n) is 16.3. The molecule has 1 aliphatic heterocycles. The second kappa shape index (κ2) is 7.85. The summed E-state index contributed by atoms with van der Waals surface area (Å²) >= 11 is 6.04. The van der Waals surface area contributed by atoms with Crippen molar-refractivity contribution < 1.29 is 9.53 Å². The third-order valence-electron chi connectivity index (χ3n) is 5.56. The summed E-state index contributed by atoms with van der Waals surface area (Å²) in [7, 11) is 0. The van der Waals surface area contributed by atoms with Crippen molar-refractivity contribution in [2.45, 2.75) is 18.9 Å². The summed E-state index contributed by atoms with van der Waals surface area (Å²) in [6, 6.07) is 28.1. The molecule has 0 radical (unpaired) electrons. The smallest absolute Gasteiger partial charge is 0.225 e. The molecule has 148 valence electrons. The molecule has 0 saturated heterocycles. The molecule has 30 heavy (non-hydrogen) atoms. The van der Waals surface area contributed by atoms with Gasteiger partial charge >= 0.3 is 0 Å². The molecule has 3 nitrogen and oxygen atoms in total. The summed E-state index contributed by atoms with van der Waals surface area (Å²) < 4.78 is 5.91. The van der Waals surface area contributed by atoms with Crippen molar-refractivity contribution in [3.05, 3.63) is 107 Å². The first-order chi connectivity index (χ1) is 14.7. The van der Waals surface area contributed by atoms with Gasteiger partial charge in [-0.05, 0) is 57.8 Å². The normalized spacial score (nSPS) is 15.5. The molecule has 1 aliphatic rings. The third-order valence-corrected chi connectivity index (χ3v) is 5.79. The molecule has 4 heteroatoms. The lowest BCUT2D eigenvalue weighted by atomic mass is 9.82. The van der Waals surface area contributed by atoms with Gasteiger partial charge in [-0.15, -0.1) is 0 Å². The molecule has 1 atom stereocenters. The van der Waals surface area contributed by atoms with Crippen LogP contribution in [0.1, 0.15) is 29.0 Å². The molecule has 0 spiro atoms. The van der Waals surface area contributed by atoms with Crippen LogP contribution in [0.15, 0.2) is 84.9 Å². The number of nitrogens with one attached hydrogen (secondary N) is 1. The zero-order valence-corrected chi connectivity index (χ0v) is 17.0. The fourth-order valence-electron chi connectivity index (χ4n) is 4.14. The predicted molar refractivity (Wildman–Crippen MR) is 121 cm³/mol. The monoisotopic (exact) mass is 413 g/mol.